The first-order chi connectivity index (χ1) is 12.7. The zero-order chi connectivity index (χ0) is 18.4. The van der Waals surface area contributed by atoms with E-state index < -0.39 is 0 Å². The van der Waals surface area contributed by atoms with Gasteiger partial charge in [-0.3, -0.25) is 9.78 Å². The van der Waals surface area contributed by atoms with E-state index in [4.69, 9.17) is 0 Å². The van der Waals surface area contributed by atoms with Gasteiger partial charge in [-0.2, -0.15) is 0 Å². The number of pyridine rings is 1. The van der Waals surface area contributed by atoms with Gasteiger partial charge in [0.25, 0.3) is 5.91 Å². The number of hydrogen-bond donors (Lipinski definition) is 2. The number of hydrogen-bond acceptors (Lipinski definition) is 5. The van der Waals surface area contributed by atoms with Crippen molar-refractivity contribution in [2.45, 2.75) is 26.8 Å². The van der Waals surface area contributed by atoms with Crippen LogP contribution in [0.15, 0.2) is 55.1 Å². The van der Waals surface area contributed by atoms with Crippen LogP contribution in [0.1, 0.15) is 34.1 Å². The Hall–Kier alpha value is -3.28. The maximum atomic E-state index is 12.2. The third-order valence-corrected chi connectivity index (χ3v) is 4.08. The number of aromatic nitrogens is 3. The molecule has 2 heterocycles. The molecule has 0 saturated carbocycles. The van der Waals surface area contributed by atoms with E-state index in [-0.39, 0.29) is 11.6 Å². The Morgan fingerprint density at radius 2 is 1.88 bits per heavy atom. The first kappa shape index (κ1) is 17.5. The molecule has 6 nitrogen and oxygen atoms in total. The van der Waals surface area contributed by atoms with Crippen LogP contribution in [0.3, 0.4) is 0 Å². The molecule has 0 bridgehead atoms. The highest BCUT2D eigenvalue weighted by Gasteiger charge is 2.09. The first-order valence-electron chi connectivity index (χ1n) is 8.52. The van der Waals surface area contributed by atoms with Crippen LogP contribution in [0, 0.1) is 6.92 Å². The summed E-state index contributed by atoms with van der Waals surface area (Å²) >= 11 is 0. The highest BCUT2D eigenvalue weighted by Crippen LogP contribution is 2.24. The van der Waals surface area contributed by atoms with Gasteiger partial charge in [-0.05, 0) is 42.2 Å². The predicted octanol–water partition coefficient (Wildman–Crippen LogP) is 3.42. The molecule has 0 aliphatic heterocycles. The molecule has 132 valence electrons. The van der Waals surface area contributed by atoms with Gasteiger partial charge in [-0.15, -0.1) is 0 Å². The number of rotatable bonds is 6. The van der Waals surface area contributed by atoms with Gasteiger partial charge in [0.1, 0.15) is 11.5 Å². The van der Waals surface area contributed by atoms with Crippen molar-refractivity contribution in [3.05, 3.63) is 77.5 Å². The third kappa shape index (κ3) is 4.22. The van der Waals surface area contributed by atoms with Crippen molar-refractivity contribution in [3.63, 3.8) is 0 Å². The molecule has 2 aromatic heterocycles. The van der Waals surface area contributed by atoms with E-state index in [1.165, 1.54) is 11.8 Å². The van der Waals surface area contributed by atoms with Crippen LogP contribution in [-0.4, -0.2) is 20.9 Å². The van der Waals surface area contributed by atoms with Crippen LogP contribution in [0.25, 0.3) is 0 Å². The highest BCUT2D eigenvalue weighted by molar-refractivity contribution is 5.92. The Bertz CT molecular complexity index is 878. The van der Waals surface area contributed by atoms with Crippen LogP contribution in [-0.2, 0) is 13.0 Å². The van der Waals surface area contributed by atoms with E-state index in [2.05, 4.69) is 51.6 Å². The molecule has 26 heavy (non-hydrogen) atoms. The average Bonchev–Trinajstić information content (AvgIpc) is 2.69. The molecule has 3 aromatic rings. The second-order valence-corrected chi connectivity index (χ2v) is 5.91. The smallest absolute Gasteiger partial charge is 0.271 e. The van der Waals surface area contributed by atoms with E-state index in [1.54, 1.807) is 18.6 Å². The molecule has 0 unspecified atom stereocenters. The topological polar surface area (TPSA) is 79.8 Å². The van der Waals surface area contributed by atoms with Crippen molar-refractivity contribution in [2.24, 2.45) is 0 Å². The zero-order valence-electron chi connectivity index (χ0n) is 14.9. The minimum Gasteiger partial charge on any atom is -0.347 e. The largest absolute Gasteiger partial charge is 0.347 e. The Morgan fingerprint density at radius 3 is 2.58 bits per heavy atom. The standard InChI is InChI=1S/C20H21N5O/c1-3-16-6-4-5-14(2)19(16)25-18-13-22-17(12-23-18)20(26)24-11-15-7-9-21-10-8-15/h4-10,12-13H,3,11H2,1-2H3,(H,23,25)(H,24,26). The Kier molecular flexibility index (Phi) is 5.53. The van der Waals surface area contributed by atoms with Gasteiger partial charge in [0.2, 0.25) is 0 Å². The maximum Gasteiger partial charge on any atom is 0.271 e. The Morgan fingerprint density at radius 1 is 1.08 bits per heavy atom. The lowest BCUT2D eigenvalue weighted by Gasteiger charge is -2.13. The number of carbonyl (C=O) groups excluding carboxylic acids is 1. The SMILES string of the molecule is CCc1cccc(C)c1Nc1cnc(C(=O)NCc2ccncc2)cn1. The molecule has 0 radical (unpaired) electrons. The Labute approximate surface area is 152 Å². The number of benzene rings is 1. The summed E-state index contributed by atoms with van der Waals surface area (Å²) in [7, 11) is 0. The van der Waals surface area contributed by atoms with Gasteiger partial charge in [0, 0.05) is 24.6 Å². The molecule has 0 saturated heterocycles. The molecule has 6 heteroatoms. The van der Waals surface area contributed by atoms with Crippen LogP contribution >= 0.6 is 0 Å². The number of para-hydroxylation sites is 1. The Balaban J connectivity index is 1.66. The normalized spacial score (nSPS) is 10.4. The second-order valence-electron chi connectivity index (χ2n) is 5.91. The van der Waals surface area contributed by atoms with Gasteiger partial charge >= 0.3 is 0 Å². The van der Waals surface area contributed by atoms with E-state index in [1.807, 2.05) is 18.2 Å². The van der Waals surface area contributed by atoms with Crippen molar-refractivity contribution < 1.29 is 4.79 Å². The number of nitrogens with one attached hydrogen (secondary N) is 2. The summed E-state index contributed by atoms with van der Waals surface area (Å²) in [6.45, 7) is 4.59. The molecular formula is C20H21N5O. The first-order valence-corrected chi connectivity index (χ1v) is 8.52. The minimum absolute atomic E-state index is 0.258. The predicted molar refractivity (Wildman–Crippen MR) is 101 cm³/mol. The van der Waals surface area contributed by atoms with Crippen molar-refractivity contribution in [3.8, 4) is 0 Å². The van der Waals surface area contributed by atoms with Crippen molar-refractivity contribution in [2.75, 3.05) is 5.32 Å². The van der Waals surface area contributed by atoms with Gasteiger partial charge in [0.05, 0.1) is 12.4 Å². The van der Waals surface area contributed by atoms with Gasteiger partial charge in [-0.25, -0.2) is 9.97 Å². The molecule has 3 rings (SSSR count). The summed E-state index contributed by atoms with van der Waals surface area (Å²) in [4.78, 5) is 24.7. The summed E-state index contributed by atoms with van der Waals surface area (Å²) in [5.41, 5.74) is 4.66. The van der Waals surface area contributed by atoms with Crippen LogP contribution in [0.2, 0.25) is 0 Å². The highest BCUT2D eigenvalue weighted by atomic mass is 16.1. The summed E-state index contributed by atoms with van der Waals surface area (Å²) in [6, 6.07) is 9.89. The number of amides is 1. The lowest BCUT2D eigenvalue weighted by atomic mass is 10.1. The molecule has 0 aliphatic rings. The molecule has 0 fully saturated rings. The summed E-state index contributed by atoms with van der Waals surface area (Å²) < 4.78 is 0. The van der Waals surface area contributed by atoms with Crippen molar-refractivity contribution in [1.29, 1.82) is 0 Å². The number of anilines is 2. The summed E-state index contributed by atoms with van der Waals surface area (Å²) in [6.07, 6.45) is 7.37. The second kappa shape index (κ2) is 8.20. The molecule has 1 aromatic carbocycles. The van der Waals surface area contributed by atoms with Gasteiger partial charge in [-0.1, -0.05) is 25.1 Å². The molecule has 1 amide bonds. The fourth-order valence-corrected chi connectivity index (χ4v) is 2.61. The fraction of sp³-hybridized carbons (Fsp3) is 0.200. The van der Waals surface area contributed by atoms with Gasteiger partial charge < -0.3 is 10.6 Å². The monoisotopic (exact) mass is 347 g/mol. The minimum atomic E-state index is -0.258. The van der Waals surface area contributed by atoms with Crippen molar-refractivity contribution >= 4 is 17.4 Å². The quantitative estimate of drug-likeness (QED) is 0.714. The molecular weight excluding hydrogens is 326 g/mol. The van der Waals surface area contributed by atoms with E-state index >= 15 is 0 Å². The molecule has 2 N–H and O–H groups in total. The van der Waals surface area contributed by atoms with Crippen molar-refractivity contribution in [1.82, 2.24) is 20.3 Å². The number of nitrogens with zero attached hydrogens (tertiary/aromatic N) is 3. The van der Waals surface area contributed by atoms with E-state index in [9.17, 15) is 4.79 Å². The average molecular weight is 347 g/mol. The lowest BCUT2D eigenvalue weighted by Crippen LogP contribution is -2.24. The fourth-order valence-electron chi connectivity index (χ4n) is 2.61. The molecule has 0 aliphatic carbocycles. The van der Waals surface area contributed by atoms with Crippen LogP contribution < -0.4 is 10.6 Å². The number of carbonyl (C=O) groups is 1. The third-order valence-electron chi connectivity index (χ3n) is 4.08. The van der Waals surface area contributed by atoms with Crippen LogP contribution in [0.4, 0.5) is 11.5 Å². The molecule has 0 atom stereocenters. The maximum absolute atomic E-state index is 12.2. The zero-order valence-corrected chi connectivity index (χ0v) is 14.9. The van der Waals surface area contributed by atoms with Crippen LogP contribution in [0.5, 0.6) is 0 Å². The van der Waals surface area contributed by atoms with Gasteiger partial charge in [0.15, 0.2) is 0 Å². The van der Waals surface area contributed by atoms with E-state index in [0.29, 0.717) is 12.4 Å². The summed E-state index contributed by atoms with van der Waals surface area (Å²) in [5.74, 6) is 0.352. The molecule has 0 spiro atoms. The summed E-state index contributed by atoms with van der Waals surface area (Å²) in [5, 5.41) is 6.13. The lowest BCUT2D eigenvalue weighted by molar-refractivity contribution is 0.0945. The number of aryl methyl sites for hydroxylation is 2. The van der Waals surface area contributed by atoms with E-state index in [0.717, 1.165) is 23.2 Å².